The number of hydrogen-bond donors (Lipinski definition) is 2. The van der Waals surface area contributed by atoms with E-state index in [-0.39, 0.29) is 12.3 Å². The highest BCUT2D eigenvalue weighted by Gasteiger charge is 2.18. The summed E-state index contributed by atoms with van der Waals surface area (Å²) in [6.07, 6.45) is 4.04. The first-order chi connectivity index (χ1) is 15.1. The number of thiazole rings is 1. The number of nitrogens with zero attached hydrogens (tertiary/aromatic N) is 3. The van der Waals surface area contributed by atoms with Gasteiger partial charge in [0.25, 0.3) is 0 Å². The molecule has 1 aliphatic rings. The number of ether oxygens (including phenoxy) is 1. The van der Waals surface area contributed by atoms with Gasteiger partial charge < -0.3 is 15.4 Å². The molecular weight excluding hydrogens is 410 g/mol. The number of aromatic nitrogens is 1. The van der Waals surface area contributed by atoms with Crippen LogP contribution in [0.2, 0.25) is 0 Å². The van der Waals surface area contributed by atoms with Crippen molar-refractivity contribution in [2.24, 2.45) is 5.10 Å². The summed E-state index contributed by atoms with van der Waals surface area (Å²) in [5, 5.41) is 6.31. The van der Waals surface area contributed by atoms with Crippen molar-refractivity contribution in [2.45, 2.75) is 25.8 Å². The van der Waals surface area contributed by atoms with Crippen LogP contribution in [0.5, 0.6) is 5.75 Å². The number of amides is 1. The van der Waals surface area contributed by atoms with E-state index in [9.17, 15) is 4.79 Å². The van der Waals surface area contributed by atoms with E-state index in [2.05, 4.69) is 44.7 Å². The third-order valence-corrected chi connectivity index (χ3v) is 5.91. The molecule has 3 N–H and O–H groups in total. The number of carbonyl (C=O) groups is 1. The highest BCUT2D eigenvalue weighted by atomic mass is 32.1. The molecule has 3 aromatic rings. The summed E-state index contributed by atoms with van der Waals surface area (Å²) in [5.41, 5.74) is 13.4. The van der Waals surface area contributed by atoms with Gasteiger partial charge in [0.1, 0.15) is 5.75 Å². The fourth-order valence-electron chi connectivity index (χ4n) is 3.77. The number of nitrogen functional groups attached to an aromatic ring is 1. The van der Waals surface area contributed by atoms with Crippen molar-refractivity contribution in [3.05, 3.63) is 70.2 Å². The van der Waals surface area contributed by atoms with E-state index < -0.39 is 0 Å². The molecule has 2 heterocycles. The zero-order valence-electron chi connectivity index (χ0n) is 17.4. The maximum Gasteiger partial charge on any atom is 0.246 e. The highest BCUT2D eigenvalue weighted by molar-refractivity contribution is 7.13. The quantitative estimate of drug-likeness (QED) is 0.438. The molecule has 0 radical (unpaired) electrons. The average molecular weight is 436 g/mol. The second-order valence-corrected chi connectivity index (χ2v) is 8.26. The number of hydrazone groups is 1. The van der Waals surface area contributed by atoms with Crippen LogP contribution in [-0.4, -0.2) is 30.8 Å². The molecule has 4 rings (SSSR count). The van der Waals surface area contributed by atoms with Crippen molar-refractivity contribution in [1.82, 2.24) is 10.4 Å². The molecule has 0 unspecified atom stereocenters. The summed E-state index contributed by atoms with van der Waals surface area (Å²) in [4.78, 5) is 18.5. The van der Waals surface area contributed by atoms with Gasteiger partial charge in [-0.2, -0.15) is 5.10 Å². The number of nitrogens with one attached hydrogen (secondary N) is 1. The Bertz CT molecular complexity index is 1100. The average Bonchev–Trinajstić information content (AvgIpc) is 3.18. The van der Waals surface area contributed by atoms with Crippen LogP contribution in [0, 0.1) is 0 Å². The van der Waals surface area contributed by atoms with Crippen LogP contribution in [0.4, 0.5) is 10.8 Å². The summed E-state index contributed by atoms with van der Waals surface area (Å²) in [7, 11) is 1.68. The third kappa shape index (κ3) is 5.21. The number of hydrogen-bond acceptors (Lipinski definition) is 7. The van der Waals surface area contributed by atoms with Gasteiger partial charge in [0.2, 0.25) is 5.91 Å². The molecule has 0 saturated carbocycles. The van der Waals surface area contributed by atoms with E-state index in [0.717, 1.165) is 42.8 Å². The molecule has 0 spiro atoms. The topological polar surface area (TPSA) is 92.8 Å². The van der Waals surface area contributed by atoms with Crippen molar-refractivity contribution in [2.75, 3.05) is 24.3 Å². The molecule has 1 aliphatic heterocycles. The van der Waals surface area contributed by atoms with Gasteiger partial charge in [-0.3, -0.25) is 4.79 Å². The Labute approximate surface area is 185 Å². The molecule has 1 aromatic heterocycles. The number of para-hydroxylation sites is 1. The Morgan fingerprint density at radius 3 is 3.03 bits per heavy atom. The first-order valence-corrected chi connectivity index (χ1v) is 11.0. The predicted molar refractivity (Wildman–Crippen MR) is 125 cm³/mol. The van der Waals surface area contributed by atoms with Crippen molar-refractivity contribution in [1.29, 1.82) is 0 Å². The maximum atomic E-state index is 12.0. The Balaban J connectivity index is 1.44. The number of fused-ring (bicyclic) bond motifs is 1. The summed E-state index contributed by atoms with van der Waals surface area (Å²) < 4.78 is 5.58. The highest BCUT2D eigenvalue weighted by Crippen LogP contribution is 2.30. The first-order valence-electron chi connectivity index (χ1n) is 10.1. The molecule has 8 heteroatoms. The van der Waals surface area contributed by atoms with Crippen LogP contribution in [0.1, 0.15) is 28.8 Å². The zero-order chi connectivity index (χ0) is 21.6. The van der Waals surface area contributed by atoms with Crippen molar-refractivity contribution >= 4 is 34.3 Å². The monoisotopic (exact) mass is 435 g/mol. The number of carbonyl (C=O) groups excluding carboxylic acids is 1. The summed E-state index contributed by atoms with van der Waals surface area (Å²) in [6.45, 7) is 1.76. The van der Waals surface area contributed by atoms with E-state index in [0.29, 0.717) is 10.8 Å². The van der Waals surface area contributed by atoms with Crippen molar-refractivity contribution < 1.29 is 9.53 Å². The second kappa shape index (κ2) is 9.61. The van der Waals surface area contributed by atoms with E-state index in [1.165, 1.54) is 22.6 Å². The SMILES string of the molecule is COc1ccc(C=NNC(=O)Cc2csc(N)n2)cc1CN1CCCc2ccccc21. The fourth-order valence-corrected chi connectivity index (χ4v) is 4.33. The molecule has 160 valence electrons. The van der Waals surface area contributed by atoms with Crippen LogP contribution in [-0.2, 0) is 24.2 Å². The maximum absolute atomic E-state index is 12.0. The molecule has 31 heavy (non-hydrogen) atoms. The normalized spacial score (nSPS) is 13.3. The van der Waals surface area contributed by atoms with Crippen LogP contribution in [0.25, 0.3) is 0 Å². The van der Waals surface area contributed by atoms with E-state index >= 15 is 0 Å². The minimum Gasteiger partial charge on any atom is -0.496 e. The second-order valence-electron chi connectivity index (χ2n) is 7.37. The van der Waals surface area contributed by atoms with Crippen LogP contribution in [0.3, 0.4) is 0 Å². The molecule has 0 bridgehead atoms. The molecule has 7 nitrogen and oxygen atoms in total. The lowest BCUT2D eigenvalue weighted by Crippen LogP contribution is -2.29. The number of aryl methyl sites for hydroxylation is 1. The molecule has 0 atom stereocenters. The lowest BCUT2D eigenvalue weighted by molar-refractivity contribution is -0.120. The van der Waals surface area contributed by atoms with Crippen molar-refractivity contribution in [3.8, 4) is 5.75 Å². The summed E-state index contributed by atoms with van der Waals surface area (Å²) >= 11 is 1.31. The predicted octanol–water partition coefficient (Wildman–Crippen LogP) is 3.38. The van der Waals surface area contributed by atoms with Gasteiger partial charge in [-0.05, 0) is 48.2 Å². The minimum atomic E-state index is -0.236. The number of methoxy groups -OCH3 is 1. The van der Waals surface area contributed by atoms with Gasteiger partial charge in [0.05, 0.1) is 25.4 Å². The van der Waals surface area contributed by atoms with E-state index in [1.54, 1.807) is 18.7 Å². The zero-order valence-corrected chi connectivity index (χ0v) is 18.2. The van der Waals surface area contributed by atoms with Gasteiger partial charge in [-0.15, -0.1) is 11.3 Å². The number of nitrogens with two attached hydrogens (primary N) is 1. The molecule has 1 amide bonds. The number of anilines is 2. The molecule has 2 aromatic carbocycles. The standard InChI is InChI=1S/C23H25N5O2S/c1-30-21-9-8-16(13-25-27-22(29)12-19-15-31-23(24)26-19)11-18(21)14-28-10-4-6-17-5-2-3-7-20(17)28/h2-3,5,7-9,11,13,15H,4,6,10,12,14H2,1H3,(H2,24,26)(H,27,29). The molecule has 0 fully saturated rings. The van der Waals surface area contributed by atoms with Gasteiger partial charge in [0.15, 0.2) is 5.13 Å². The molecule has 0 aliphatic carbocycles. The number of rotatable bonds is 7. The van der Waals surface area contributed by atoms with Crippen LogP contribution in [0.15, 0.2) is 52.9 Å². The Morgan fingerprint density at radius 1 is 1.35 bits per heavy atom. The Kier molecular flexibility index (Phi) is 6.47. The fraction of sp³-hybridized carbons (Fsp3) is 0.261. The first kappa shape index (κ1) is 20.9. The largest absolute Gasteiger partial charge is 0.496 e. The smallest absolute Gasteiger partial charge is 0.246 e. The third-order valence-electron chi connectivity index (χ3n) is 5.19. The van der Waals surface area contributed by atoms with E-state index in [4.69, 9.17) is 10.5 Å². The van der Waals surface area contributed by atoms with Gasteiger partial charge in [-0.25, -0.2) is 10.4 Å². The molecular formula is C23H25N5O2S. The van der Waals surface area contributed by atoms with Crippen LogP contribution >= 0.6 is 11.3 Å². The summed E-state index contributed by atoms with van der Waals surface area (Å²) in [5.74, 6) is 0.602. The molecule has 0 saturated heterocycles. The van der Waals surface area contributed by atoms with Gasteiger partial charge in [-0.1, -0.05) is 18.2 Å². The number of benzene rings is 2. The van der Waals surface area contributed by atoms with E-state index in [1.807, 2.05) is 18.2 Å². The lowest BCUT2D eigenvalue weighted by atomic mass is 10.0. The van der Waals surface area contributed by atoms with Crippen molar-refractivity contribution in [3.63, 3.8) is 0 Å². The van der Waals surface area contributed by atoms with Gasteiger partial charge >= 0.3 is 0 Å². The van der Waals surface area contributed by atoms with Gasteiger partial charge in [0, 0.05) is 29.7 Å². The minimum absolute atomic E-state index is 0.146. The Morgan fingerprint density at radius 2 is 2.23 bits per heavy atom. The van der Waals surface area contributed by atoms with Crippen LogP contribution < -0.4 is 20.8 Å². The lowest BCUT2D eigenvalue weighted by Gasteiger charge is -2.31. The summed E-state index contributed by atoms with van der Waals surface area (Å²) in [6, 6.07) is 14.5. The Hall–Kier alpha value is -3.39.